The fourth-order valence-corrected chi connectivity index (χ4v) is 4.03. The Morgan fingerprint density at radius 3 is 2.03 bits per heavy atom. The molecule has 31 heavy (non-hydrogen) atoms. The van der Waals surface area contributed by atoms with Crippen LogP contribution < -0.4 is 14.1 Å². The lowest BCUT2D eigenvalue weighted by Gasteiger charge is -2.23. The number of rotatable bonds is 7. The van der Waals surface area contributed by atoms with Gasteiger partial charge < -0.3 is 14.2 Å². The van der Waals surface area contributed by atoms with Crippen molar-refractivity contribution < 1.29 is 45.5 Å². The number of benzene rings is 3. The van der Waals surface area contributed by atoms with E-state index in [1.807, 2.05) is 5.09 Å². The largest absolute Gasteiger partial charge is 0.513 e. The summed E-state index contributed by atoms with van der Waals surface area (Å²) in [4.78, 5) is 11.1. The van der Waals surface area contributed by atoms with Gasteiger partial charge in [-0.3, -0.25) is 4.79 Å². The summed E-state index contributed by atoms with van der Waals surface area (Å²) in [5, 5.41) is 12.3. The maximum absolute atomic E-state index is 14.0. The minimum absolute atomic E-state index is 0.184. The minimum atomic E-state index is -5.03. The van der Waals surface area contributed by atoms with E-state index in [0.717, 1.165) is 12.3 Å². The summed E-state index contributed by atoms with van der Waals surface area (Å²) in [5.74, 6) is -15.5. The van der Waals surface area contributed by atoms with Crippen LogP contribution in [0.4, 0.5) is 22.0 Å². The van der Waals surface area contributed by atoms with E-state index in [1.54, 1.807) is 24.3 Å². The Hall–Kier alpha value is -3.17. The highest BCUT2D eigenvalue weighted by Crippen LogP contribution is 2.48. The van der Waals surface area contributed by atoms with Crippen LogP contribution in [0.25, 0.3) is 10.8 Å². The number of hydrogen-bond acceptors (Lipinski definition) is 4. The molecule has 0 saturated heterocycles. The van der Waals surface area contributed by atoms with Crippen molar-refractivity contribution >= 4 is 24.5 Å². The molecule has 0 aromatic heterocycles. The van der Waals surface area contributed by atoms with Crippen LogP contribution in [0.15, 0.2) is 42.5 Å². The second-order valence-electron chi connectivity index (χ2n) is 6.28. The number of hydrogen-bond donors (Lipinski definition) is 2. The van der Waals surface area contributed by atoms with Crippen molar-refractivity contribution in [2.24, 2.45) is 0 Å². The lowest BCUT2D eigenvalue weighted by atomic mass is 10.1. The number of nitrogens with one attached hydrogen (secondary N) is 1. The molecule has 0 amide bonds. The van der Waals surface area contributed by atoms with E-state index in [0.29, 0.717) is 5.39 Å². The summed E-state index contributed by atoms with van der Waals surface area (Å²) < 4.78 is 91.1. The van der Waals surface area contributed by atoms with Gasteiger partial charge in [-0.1, -0.05) is 30.3 Å². The van der Waals surface area contributed by atoms with Gasteiger partial charge in [-0.05, 0) is 29.8 Å². The molecule has 3 aromatic rings. The van der Waals surface area contributed by atoms with Crippen LogP contribution in [0.1, 0.15) is 6.92 Å². The molecule has 0 spiro atoms. The van der Waals surface area contributed by atoms with E-state index in [2.05, 4.69) is 4.52 Å². The van der Waals surface area contributed by atoms with Crippen LogP contribution in [0.2, 0.25) is 0 Å². The third kappa shape index (κ3) is 4.62. The molecule has 0 aliphatic carbocycles. The first-order valence-corrected chi connectivity index (χ1v) is 10.1. The lowest BCUT2D eigenvalue weighted by molar-refractivity contribution is -0.138. The standard InChI is InChI=1S/C19H13F5NO5P/c1-9(19(26)27)25-31(28,29-12-7-6-10-4-2-3-5-11(10)8-12)30-18-16(23)14(21)13(20)15(22)17(18)24/h2-9H,1H3,(H,25,28)(H,26,27)/t9-,31?/m0/s1. The van der Waals surface area contributed by atoms with E-state index in [4.69, 9.17) is 9.63 Å². The van der Waals surface area contributed by atoms with Gasteiger partial charge in [0.15, 0.2) is 0 Å². The molecule has 0 aliphatic rings. The maximum Gasteiger partial charge on any atom is 0.513 e. The van der Waals surface area contributed by atoms with Crippen molar-refractivity contribution in [1.29, 1.82) is 0 Å². The molecular weight excluding hydrogens is 448 g/mol. The minimum Gasteiger partial charge on any atom is -0.480 e. The molecule has 2 atom stereocenters. The van der Waals surface area contributed by atoms with Gasteiger partial charge in [-0.2, -0.15) is 13.9 Å². The smallest absolute Gasteiger partial charge is 0.480 e. The van der Waals surface area contributed by atoms with Crippen LogP contribution in [-0.2, 0) is 9.36 Å². The van der Waals surface area contributed by atoms with Gasteiger partial charge in [0.05, 0.1) is 0 Å². The number of carboxylic acid groups (broad SMARTS) is 1. The zero-order valence-electron chi connectivity index (χ0n) is 15.5. The van der Waals surface area contributed by atoms with Crippen LogP contribution in [0, 0.1) is 29.1 Å². The molecule has 1 unspecified atom stereocenters. The number of halogens is 5. The summed E-state index contributed by atoms with van der Waals surface area (Å²) in [6, 6.07) is 9.38. The first kappa shape index (κ1) is 22.5. The molecule has 12 heteroatoms. The van der Waals surface area contributed by atoms with Gasteiger partial charge in [0, 0.05) is 0 Å². The van der Waals surface area contributed by atoms with Gasteiger partial charge in [0.2, 0.25) is 34.8 Å². The van der Waals surface area contributed by atoms with E-state index < -0.39 is 54.6 Å². The zero-order valence-corrected chi connectivity index (χ0v) is 16.4. The van der Waals surface area contributed by atoms with E-state index in [1.165, 1.54) is 18.2 Å². The average Bonchev–Trinajstić information content (AvgIpc) is 2.73. The summed E-state index contributed by atoms with van der Waals surface area (Å²) in [5.41, 5.74) is 0. The fraction of sp³-hybridized carbons (Fsp3) is 0.105. The Kier molecular flexibility index (Phi) is 6.19. The lowest BCUT2D eigenvalue weighted by Crippen LogP contribution is -2.34. The Bertz CT molecular complexity index is 1190. The monoisotopic (exact) mass is 461 g/mol. The van der Waals surface area contributed by atoms with Crippen LogP contribution in [0.3, 0.4) is 0 Å². The molecular formula is C19H13F5NO5P. The van der Waals surface area contributed by atoms with Crippen molar-refractivity contribution in [3.63, 3.8) is 0 Å². The van der Waals surface area contributed by atoms with Crippen molar-refractivity contribution in [2.75, 3.05) is 0 Å². The second kappa shape index (κ2) is 8.52. The fourth-order valence-electron chi connectivity index (χ4n) is 2.51. The summed E-state index contributed by atoms with van der Waals surface area (Å²) in [6.07, 6.45) is 0. The third-order valence-corrected chi connectivity index (χ3v) is 5.63. The first-order chi connectivity index (χ1) is 14.5. The van der Waals surface area contributed by atoms with Crippen molar-refractivity contribution in [2.45, 2.75) is 13.0 Å². The quantitative estimate of drug-likeness (QED) is 0.219. The molecule has 0 heterocycles. The molecule has 6 nitrogen and oxygen atoms in total. The molecule has 0 aliphatic heterocycles. The molecule has 0 bridgehead atoms. The highest BCUT2D eigenvalue weighted by atomic mass is 31.2. The van der Waals surface area contributed by atoms with Crippen LogP contribution in [0.5, 0.6) is 11.5 Å². The van der Waals surface area contributed by atoms with Crippen molar-refractivity contribution in [1.82, 2.24) is 5.09 Å². The summed E-state index contributed by atoms with van der Waals surface area (Å²) in [7, 11) is -5.03. The normalized spacial score (nSPS) is 14.1. The third-order valence-electron chi connectivity index (χ3n) is 4.05. The predicted octanol–water partition coefficient (Wildman–Crippen LogP) is 5.16. The van der Waals surface area contributed by atoms with Gasteiger partial charge in [0.25, 0.3) is 0 Å². The number of fused-ring (bicyclic) bond motifs is 1. The Balaban J connectivity index is 2.05. The molecule has 2 N–H and O–H groups in total. The molecule has 3 rings (SSSR count). The number of aliphatic carboxylic acids is 1. The van der Waals surface area contributed by atoms with Crippen molar-refractivity contribution in [3.05, 3.63) is 71.6 Å². The van der Waals surface area contributed by atoms with E-state index in [9.17, 15) is 31.3 Å². The Morgan fingerprint density at radius 2 is 1.45 bits per heavy atom. The Morgan fingerprint density at radius 1 is 0.903 bits per heavy atom. The van der Waals surface area contributed by atoms with Crippen LogP contribution >= 0.6 is 7.75 Å². The SMILES string of the molecule is C[C@H](NP(=O)(Oc1ccc2ccccc2c1)Oc1c(F)c(F)c(F)c(F)c1F)C(=O)O. The van der Waals surface area contributed by atoms with Gasteiger partial charge in [-0.15, -0.1) is 0 Å². The zero-order chi connectivity index (χ0) is 22.9. The molecule has 164 valence electrons. The molecule has 3 aromatic carbocycles. The maximum atomic E-state index is 14.0. The van der Waals surface area contributed by atoms with Gasteiger partial charge >= 0.3 is 13.7 Å². The number of carboxylic acids is 1. The highest BCUT2D eigenvalue weighted by Gasteiger charge is 2.38. The topological polar surface area (TPSA) is 84.9 Å². The predicted molar refractivity (Wildman–Crippen MR) is 99.3 cm³/mol. The molecule has 0 radical (unpaired) electrons. The molecule has 0 fully saturated rings. The Labute approximate surface area is 171 Å². The second-order valence-corrected chi connectivity index (χ2v) is 7.90. The summed E-state index contributed by atoms with van der Waals surface area (Å²) in [6.45, 7) is 1.00. The van der Waals surface area contributed by atoms with Gasteiger partial charge in [0.1, 0.15) is 11.8 Å². The van der Waals surface area contributed by atoms with E-state index >= 15 is 0 Å². The van der Waals surface area contributed by atoms with Crippen LogP contribution in [-0.4, -0.2) is 17.1 Å². The first-order valence-electron chi connectivity index (χ1n) is 8.52. The molecule has 0 saturated carbocycles. The highest BCUT2D eigenvalue weighted by molar-refractivity contribution is 7.52. The summed E-state index contributed by atoms with van der Waals surface area (Å²) >= 11 is 0. The van der Waals surface area contributed by atoms with E-state index in [-0.39, 0.29) is 5.75 Å². The van der Waals surface area contributed by atoms with Crippen molar-refractivity contribution in [3.8, 4) is 11.5 Å². The average molecular weight is 461 g/mol. The number of carbonyl (C=O) groups is 1. The van der Waals surface area contributed by atoms with Gasteiger partial charge in [-0.25, -0.2) is 17.7 Å².